The lowest BCUT2D eigenvalue weighted by atomic mass is 9.69. The van der Waals surface area contributed by atoms with E-state index in [2.05, 4.69) is 55.0 Å². The molecule has 0 radical (unpaired) electrons. The number of thiol groups is 2. The van der Waals surface area contributed by atoms with Gasteiger partial charge in [-0.3, -0.25) is 0 Å². The maximum atomic E-state index is 4.84. The molecule has 0 heterocycles. The van der Waals surface area contributed by atoms with Gasteiger partial charge in [0.2, 0.25) is 0 Å². The Morgan fingerprint density at radius 2 is 1.33 bits per heavy atom. The predicted molar refractivity (Wildman–Crippen MR) is 78.2 cm³/mol. The smallest absolute Gasteiger partial charge is 0.0456 e. The molecule has 0 nitrogen and oxygen atoms in total. The maximum absolute atomic E-state index is 4.84. The van der Waals surface area contributed by atoms with Crippen LogP contribution in [0.3, 0.4) is 0 Å². The SMILES string of the molecule is C=C(C(C)C)C(C)(S)C(C)(S)C(C)(C)C. The van der Waals surface area contributed by atoms with E-state index in [0.717, 1.165) is 5.57 Å². The Kier molecular flexibility index (Phi) is 4.49. The monoisotopic (exact) mass is 246 g/mol. The lowest BCUT2D eigenvalue weighted by molar-refractivity contribution is 0.263. The summed E-state index contributed by atoms with van der Waals surface area (Å²) in [7, 11) is 0. The highest BCUT2D eigenvalue weighted by molar-refractivity contribution is 7.86. The van der Waals surface area contributed by atoms with Crippen LogP contribution in [0.1, 0.15) is 48.5 Å². The van der Waals surface area contributed by atoms with Gasteiger partial charge in [-0.05, 0) is 25.2 Å². The van der Waals surface area contributed by atoms with Crippen molar-refractivity contribution in [1.82, 2.24) is 0 Å². The second-order valence-corrected chi connectivity index (χ2v) is 7.86. The van der Waals surface area contributed by atoms with Crippen LogP contribution in [0, 0.1) is 11.3 Å². The van der Waals surface area contributed by atoms with Crippen molar-refractivity contribution in [2.45, 2.75) is 58.0 Å². The van der Waals surface area contributed by atoms with E-state index in [1.54, 1.807) is 0 Å². The van der Waals surface area contributed by atoms with Crippen LogP contribution in [0.2, 0.25) is 0 Å². The van der Waals surface area contributed by atoms with Crippen molar-refractivity contribution in [3.05, 3.63) is 12.2 Å². The van der Waals surface area contributed by atoms with Crippen molar-refractivity contribution in [3.63, 3.8) is 0 Å². The molecule has 0 saturated heterocycles. The molecule has 15 heavy (non-hydrogen) atoms. The van der Waals surface area contributed by atoms with Gasteiger partial charge in [0.1, 0.15) is 0 Å². The predicted octanol–water partition coefficient (Wildman–Crippen LogP) is 4.62. The molecule has 0 aliphatic heterocycles. The molecule has 0 aromatic rings. The van der Waals surface area contributed by atoms with Gasteiger partial charge in [-0.1, -0.05) is 46.8 Å². The van der Waals surface area contributed by atoms with Crippen molar-refractivity contribution in [1.29, 1.82) is 0 Å². The highest BCUT2D eigenvalue weighted by Crippen LogP contribution is 2.51. The summed E-state index contributed by atoms with van der Waals surface area (Å²) in [4.78, 5) is 0. The largest absolute Gasteiger partial charge is 0.170 e. The van der Waals surface area contributed by atoms with Crippen molar-refractivity contribution < 1.29 is 0 Å². The highest BCUT2D eigenvalue weighted by Gasteiger charge is 2.49. The molecule has 0 fully saturated rings. The summed E-state index contributed by atoms with van der Waals surface area (Å²) < 4.78 is -0.479. The number of hydrogen-bond acceptors (Lipinski definition) is 2. The summed E-state index contributed by atoms with van der Waals surface area (Å²) in [5.74, 6) is 0.432. The summed E-state index contributed by atoms with van der Waals surface area (Å²) in [6, 6.07) is 0. The van der Waals surface area contributed by atoms with E-state index >= 15 is 0 Å². The second-order valence-electron chi connectivity index (χ2n) is 6.07. The average molecular weight is 246 g/mol. The normalized spacial score (nSPS) is 20.9. The lowest BCUT2D eigenvalue weighted by Gasteiger charge is -2.50. The minimum atomic E-state index is -0.275. The second kappa shape index (κ2) is 4.37. The van der Waals surface area contributed by atoms with Gasteiger partial charge >= 0.3 is 0 Å². The van der Waals surface area contributed by atoms with Gasteiger partial charge in [-0.25, -0.2) is 0 Å². The van der Waals surface area contributed by atoms with E-state index in [1.807, 2.05) is 0 Å². The van der Waals surface area contributed by atoms with Crippen molar-refractivity contribution in [2.24, 2.45) is 11.3 Å². The molecule has 0 rings (SSSR count). The summed E-state index contributed by atoms with van der Waals surface area (Å²) >= 11 is 9.66. The third-order valence-corrected chi connectivity index (χ3v) is 5.76. The molecule has 0 saturated carbocycles. The van der Waals surface area contributed by atoms with Gasteiger partial charge in [0.25, 0.3) is 0 Å². The molecule has 0 spiro atoms. The van der Waals surface area contributed by atoms with E-state index in [0.29, 0.717) is 5.92 Å². The van der Waals surface area contributed by atoms with Crippen molar-refractivity contribution in [2.75, 3.05) is 0 Å². The minimum Gasteiger partial charge on any atom is -0.170 e. The maximum Gasteiger partial charge on any atom is 0.0456 e. The van der Waals surface area contributed by atoms with Crippen LogP contribution >= 0.6 is 25.3 Å². The first-order chi connectivity index (χ1) is 6.35. The lowest BCUT2D eigenvalue weighted by Crippen LogP contribution is -2.52. The summed E-state index contributed by atoms with van der Waals surface area (Å²) in [5, 5.41) is 0. The molecular formula is C13H26S2. The zero-order valence-corrected chi connectivity index (χ0v) is 13.0. The fraction of sp³-hybridized carbons (Fsp3) is 0.846. The Labute approximate surface area is 107 Å². The molecule has 0 aromatic carbocycles. The third-order valence-electron chi connectivity index (χ3n) is 3.73. The molecule has 0 aliphatic rings. The summed E-state index contributed by atoms with van der Waals surface area (Å²) in [6.07, 6.45) is 0. The summed E-state index contributed by atoms with van der Waals surface area (Å²) in [6.45, 7) is 19.4. The van der Waals surface area contributed by atoms with Crippen LogP contribution in [0.4, 0.5) is 0 Å². The van der Waals surface area contributed by atoms with E-state index in [9.17, 15) is 0 Å². The van der Waals surface area contributed by atoms with Gasteiger partial charge in [0.15, 0.2) is 0 Å². The van der Waals surface area contributed by atoms with Crippen LogP contribution in [0.5, 0.6) is 0 Å². The number of rotatable bonds is 3. The van der Waals surface area contributed by atoms with Crippen LogP contribution in [0.15, 0.2) is 12.2 Å². The molecule has 0 aliphatic carbocycles. The van der Waals surface area contributed by atoms with Gasteiger partial charge in [-0.2, -0.15) is 25.3 Å². The molecule has 0 N–H and O–H groups in total. The summed E-state index contributed by atoms with van der Waals surface area (Å²) in [5.41, 5.74) is 1.23. The van der Waals surface area contributed by atoms with E-state index in [1.165, 1.54) is 0 Å². The first-order valence-electron chi connectivity index (χ1n) is 5.49. The quantitative estimate of drug-likeness (QED) is 0.527. The first-order valence-corrected chi connectivity index (χ1v) is 6.39. The highest BCUT2D eigenvalue weighted by atomic mass is 32.1. The molecule has 0 amide bonds. The Morgan fingerprint density at radius 3 is 1.53 bits per heavy atom. The standard InChI is InChI=1S/C13H26S2/c1-9(2)10(3)12(7,14)13(8,15)11(4,5)6/h9,14-15H,3H2,1-2,4-8H3. The van der Waals surface area contributed by atoms with E-state index < -0.39 is 0 Å². The molecule has 0 aromatic heterocycles. The molecule has 2 unspecified atom stereocenters. The Morgan fingerprint density at radius 1 is 1.00 bits per heavy atom. The molecular weight excluding hydrogens is 220 g/mol. The minimum absolute atomic E-state index is 0.0739. The Bertz CT molecular complexity index is 242. The van der Waals surface area contributed by atoms with Crippen LogP contribution in [0.25, 0.3) is 0 Å². The fourth-order valence-electron chi connectivity index (χ4n) is 1.60. The van der Waals surface area contributed by atoms with Gasteiger partial charge in [0.05, 0.1) is 0 Å². The van der Waals surface area contributed by atoms with E-state index in [-0.39, 0.29) is 14.9 Å². The van der Waals surface area contributed by atoms with Crippen molar-refractivity contribution >= 4 is 25.3 Å². The third kappa shape index (κ3) is 2.76. The van der Waals surface area contributed by atoms with Gasteiger partial charge < -0.3 is 0 Å². The van der Waals surface area contributed by atoms with E-state index in [4.69, 9.17) is 25.3 Å². The average Bonchev–Trinajstić information content (AvgIpc) is 2.00. The molecule has 0 bridgehead atoms. The van der Waals surface area contributed by atoms with Crippen LogP contribution < -0.4 is 0 Å². The van der Waals surface area contributed by atoms with Gasteiger partial charge in [0, 0.05) is 9.49 Å². The van der Waals surface area contributed by atoms with Crippen LogP contribution in [-0.2, 0) is 0 Å². The zero-order valence-electron chi connectivity index (χ0n) is 11.2. The number of hydrogen-bond donors (Lipinski definition) is 2. The Hall–Kier alpha value is 0.440. The Balaban J connectivity index is 5.29. The molecule has 2 atom stereocenters. The molecule has 2 heteroatoms. The van der Waals surface area contributed by atoms with Crippen LogP contribution in [-0.4, -0.2) is 9.49 Å². The topological polar surface area (TPSA) is 0 Å². The molecule has 90 valence electrons. The zero-order chi connectivity index (χ0) is 12.7. The van der Waals surface area contributed by atoms with Gasteiger partial charge in [-0.15, -0.1) is 0 Å². The van der Waals surface area contributed by atoms with Crippen molar-refractivity contribution in [3.8, 4) is 0 Å². The fourth-order valence-corrected chi connectivity index (χ4v) is 2.34. The first kappa shape index (κ1) is 15.4.